The highest BCUT2D eigenvalue weighted by Gasteiger charge is 2.18. The Bertz CT molecular complexity index is 375. The molecule has 0 saturated carbocycles. The molecule has 1 N–H and O–H groups in total. The largest absolute Gasteiger partial charge is 0.354 e. The summed E-state index contributed by atoms with van der Waals surface area (Å²) in [5.74, 6) is 0.641. The molecule has 0 amide bonds. The Balaban J connectivity index is 2.18. The van der Waals surface area contributed by atoms with Gasteiger partial charge in [0.05, 0.1) is 6.20 Å². The van der Waals surface area contributed by atoms with Crippen LogP contribution in [0.1, 0.15) is 5.56 Å². The average molecular weight is 238 g/mol. The summed E-state index contributed by atoms with van der Waals surface area (Å²) in [7, 11) is 3.97. The van der Waals surface area contributed by atoms with E-state index in [1.54, 1.807) is 6.07 Å². The van der Waals surface area contributed by atoms with Gasteiger partial charge in [0.25, 0.3) is 0 Å². The van der Waals surface area contributed by atoms with E-state index in [-0.39, 0.29) is 5.82 Å². The van der Waals surface area contributed by atoms with E-state index in [2.05, 4.69) is 27.1 Å². The molecule has 2 rings (SSSR count). The Hall–Kier alpha value is -1.20. The molecule has 1 saturated heterocycles. The number of nitrogens with zero attached hydrogens (tertiary/aromatic N) is 3. The van der Waals surface area contributed by atoms with Crippen molar-refractivity contribution in [2.45, 2.75) is 6.54 Å². The molecule has 2 heterocycles. The van der Waals surface area contributed by atoms with Gasteiger partial charge in [0.15, 0.2) is 0 Å². The zero-order valence-electron chi connectivity index (χ0n) is 10.4. The minimum Gasteiger partial charge on any atom is -0.354 e. The third-order valence-corrected chi connectivity index (χ3v) is 3.08. The van der Waals surface area contributed by atoms with Crippen LogP contribution in [0.2, 0.25) is 0 Å². The van der Waals surface area contributed by atoms with E-state index in [0.29, 0.717) is 6.54 Å². The molecule has 5 heteroatoms. The van der Waals surface area contributed by atoms with Crippen LogP contribution in [0.25, 0.3) is 0 Å². The summed E-state index contributed by atoms with van der Waals surface area (Å²) in [6.45, 7) is 4.60. The average Bonchev–Trinajstić information content (AvgIpc) is 2.31. The van der Waals surface area contributed by atoms with Crippen molar-refractivity contribution in [1.29, 1.82) is 0 Å². The molecule has 4 nitrogen and oxygen atoms in total. The van der Waals surface area contributed by atoms with Crippen LogP contribution in [0, 0.1) is 5.82 Å². The van der Waals surface area contributed by atoms with Gasteiger partial charge in [-0.25, -0.2) is 9.37 Å². The van der Waals surface area contributed by atoms with Gasteiger partial charge in [-0.3, -0.25) is 0 Å². The third kappa shape index (κ3) is 2.92. The van der Waals surface area contributed by atoms with Crippen LogP contribution in [0.3, 0.4) is 0 Å². The molecule has 1 aromatic rings. The fourth-order valence-electron chi connectivity index (χ4n) is 2.10. The second kappa shape index (κ2) is 5.42. The Morgan fingerprint density at radius 1 is 1.35 bits per heavy atom. The summed E-state index contributed by atoms with van der Waals surface area (Å²) < 4.78 is 13.2. The first-order valence-electron chi connectivity index (χ1n) is 5.93. The number of anilines is 1. The molecule has 0 aliphatic carbocycles. The zero-order valence-corrected chi connectivity index (χ0v) is 10.4. The normalized spacial score (nSPS) is 17.5. The second-order valence-electron chi connectivity index (χ2n) is 4.46. The molecule has 1 fully saturated rings. The van der Waals surface area contributed by atoms with Crippen LogP contribution in [0.15, 0.2) is 12.3 Å². The van der Waals surface area contributed by atoms with Crippen molar-refractivity contribution in [2.24, 2.45) is 0 Å². The van der Waals surface area contributed by atoms with Crippen molar-refractivity contribution >= 4 is 5.82 Å². The lowest BCUT2D eigenvalue weighted by molar-refractivity contribution is 0.311. The van der Waals surface area contributed by atoms with Crippen LogP contribution in [0.4, 0.5) is 10.2 Å². The van der Waals surface area contributed by atoms with Gasteiger partial charge in [-0.05, 0) is 20.2 Å². The third-order valence-electron chi connectivity index (χ3n) is 3.08. The molecule has 17 heavy (non-hydrogen) atoms. The molecular weight excluding hydrogens is 219 g/mol. The number of piperazine rings is 1. The minimum atomic E-state index is -0.270. The lowest BCUT2D eigenvalue weighted by Crippen LogP contribution is -2.45. The van der Waals surface area contributed by atoms with Crippen LogP contribution in [0.5, 0.6) is 0 Å². The lowest BCUT2D eigenvalue weighted by atomic mass is 10.2. The van der Waals surface area contributed by atoms with Crippen molar-refractivity contribution in [3.05, 3.63) is 23.6 Å². The molecule has 1 aliphatic heterocycles. The summed E-state index contributed by atoms with van der Waals surface area (Å²) in [6, 6.07) is 1.57. The van der Waals surface area contributed by atoms with Gasteiger partial charge < -0.3 is 15.1 Å². The van der Waals surface area contributed by atoms with Crippen molar-refractivity contribution in [3.8, 4) is 0 Å². The SMILES string of the molecule is CNCc1cc(F)cnc1N1CCN(C)CC1. The van der Waals surface area contributed by atoms with Gasteiger partial charge >= 0.3 is 0 Å². The molecule has 0 radical (unpaired) electrons. The summed E-state index contributed by atoms with van der Waals surface area (Å²) in [4.78, 5) is 8.76. The number of halogens is 1. The number of rotatable bonds is 3. The number of aromatic nitrogens is 1. The van der Waals surface area contributed by atoms with Gasteiger partial charge in [0.1, 0.15) is 11.6 Å². The van der Waals surface area contributed by atoms with Crippen molar-refractivity contribution < 1.29 is 4.39 Å². The van der Waals surface area contributed by atoms with Gasteiger partial charge in [-0.2, -0.15) is 0 Å². The van der Waals surface area contributed by atoms with E-state index in [1.807, 2.05) is 7.05 Å². The number of hydrogen-bond acceptors (Lipinski definition) is 4. The van der Waals surface area contributed by atoms with E-state index < -0.39 is 0 Å². The summed E-state index contributed by atoms with van der Waals surface area (Å²) in [5, 5.41) is 3.06. The van der Waals surface area contributed by atoms with Gasteiger partial charge in [0.2, 0.25) is 0 Å². The molecular formula is C12H19FN4. The molecule has 0 unspecified atom stereocenters. The Morgan fingerprint density at radius 2 is 2.06 bits per heavy atom. The fourth-order valence-corrected chi connectivity index (χ4v) is 2.10. The highest BCUT2D eigenvalue weighted by molar-refractivity contribution is 5.47. The van der Waals surface area contributed by atoms with E-state index in [1.165, 1.54) is 6.20 Å². The quantitative estimate of drug-likeness (QED) is 0.839. The maximum atomic E-state index is 13.2. The van der Waals surface area contributed by atoms with Crippen molar-refractivity contribution in [2.75, 3.05) is 45.2 Å². The van der Waals surface area contributed by atoms with Crippen molar-refractivity contribution in [1.82, 2.24) is 15.2 Å². The Labute approximate surface area is 101 Å². The van der Waals surface area contributed by atoms with E-state index in [4.69, 9.17) is 0 Å². The van der Waals surface area contributed by atoms with Gasteiger partial charge in [-0.1, -0.05) is 0 Å². The monoisotopic (exact) mass is 238 g/mol. The molecule has 0 aromatic carbocycles. The highest BCUT2D eigenvalue weighted by atomic mass is 19.1. The van der Waals surface area contributed by atoms with E-state index in [9.17, 15) is 4.39 Å². The predicted molar refractivity (Wildman–Crippen MR) is 66.7 cm³/mol. The zero-order chi connectivity index (χ0) is 12.3. The van der Waals surface area contributed by atoms with Crippen LogP contribution in [-0.4, -0.2) is 50.2 Å². The summed E-state index contributed by atoms with van der Waals surface area (Å²) in [5.41, 5.74) is 0.928. The van der Waals surface area contributed by atoms with Crippen LogP contribution in [-0.2, 0) is 6.54 Å². The summed E-state index contributed by atoms with van der Waals surface area (Å²) in [6.07, 6.45) is 1.30. The molecule has 0 atom stereocenters. The first-order chi connectivity index (χ1) is 8.20. The van der Waals surface area contributed by atoms with Crippen LogP contribution >= 0.6 is 0 Å². The molecule has 0 spiro atoms. The van der Waals surface area contributed by atoms with Gasteiger partial charge in [0, 0.05) is 38.3 Å². The predicted octanol–water partition coefficient (Wildman–Crippen LogP) is 0.692. The lowest BCUT2D eigenvalue weighted by Gasteiger charge is -2.34. The fraction of sp³-hybridized carbons (Fsp3) is 0.583. The second-order valence-corrected chi connectivity index (χ2v) is 4.46. The maximum Gasteiger partial charge on any atom is 0.141 e. The highest BCUT2D eigenvalue weighted by Crippen LogP contribution is 2.19. The molecule has 1 aromatic heterocycles. The standard InChI is InChI=1S/C12H19FN4/c1-14-8-10-7-11(13)9-15-12(10)17-5-3-16(2)4-6-17/h7,9,14H,3-6,8H2,1-2H3. The Kier molecular flexibility index (Phi) is 3.91. The first-order valence-corrected chi connectivity index (χ1v) is 5.93. The van der Waals surface area contributed by atoms with Crippen LogP contribution < -0.4 is 10.2 Å². The van der Waals surface area contributed by atoms with Crippen molar-refractivity contribution in [3.63, 3.8) is 0 Å². The number of hydrogen-bond donors (Lipinski definition) is 1. The molecule has 94 valence electrons. The number of nitrogens with one attached hydrogen (secondary N) is 1. The summed E-state index contributed by atoms with van der Waals surface area (Å²) >= 11 is 0. The first kappa shape index (κ1) is 12.3. The van der Waals surface area contributed by atoms with E-state index >= 15 is 0 Å². The molecule has 1 aliphatic rings. The Morgan fingerprint density at radius 3 is 2.71 bits per heavy atom. The topological polar surface area (TPSA) is 31.4 Å². The smallest absolute Gasteiger partial charge is 0.141 e. The number of likely N-dealkylation sites (N-methyl/N-ethyl adjacent to an activating group) is 1. The maximum absolute atomic E-state index is 13.2. The number of pyridine rings is 1. The van der Waals surface area contributed by atoms with Gasteiger partial charge in [-0.15, -0.1) is 0 Å². The molecule has 0 bridgehead atoms. The minimum absolute atomic E-state index is 0.270. The van der Waals surface area contributed by atoms with E-state index in [0.717, 1.165) is 37.6 Å².